The Kier molecular flexibility index (Phi) is 6.72. The van der Waals surface area contributed by atoms with Gasteiger partial charge in [0.15, 0.2) is 0 Å². The molecule has 1 heterocycles. The summed E-state index contributed by atoms with van der Waals surface area (Å²) in [4.78, 5) is 12.4. The molecule has 28 heavy (non-hydrogen) atoms. The van der Waals surface area contributed by atoms with Gasteiger partial charge in [0.1, 0.15) is 4.90 Å². The predicted molar refractivity (Wildman–Crippen MR) is 108 cm³/mol. The summed E-state index contributed by atoms with van der Waals surface area (Å²) in [6.07, 6.45) is 1.78. The zero-order valence-corrected chi connectivity index (χ0v) is 16.9. The number of nitrogens with zero attached hydrogens (tertiary/aromatic N) is 1. The molecule has 3 rings (SSSR count). The van der Waals surface area contributed by atoms with E-state index >= 15 is 0 Å². The van der Waals surface area contributed by atoms with E-state index in [1.54, 1.807) is 24.3 Å². The minimum atomic E-state index is -3.75. The molecule has 1 atom stereocenters. The largest absolute Gasteiger partial charge is 0.387 e. The fourth-order valence-corrected chi connectivity index (χ4v) is 5.19. The third-order valence-electron chi connectivity index (χ3n) is 4.77. The fraction of sp³-hybridized carbons (Fsp3) is 0.350. The van der Waals surface area contributed by atoms with Crippen LogP contribution in [0.1, 0.15) is 41.3 Å². The van der Waals surface area contributed by atoms with Crippen LogP contribution in [-0.4, -0.2) is 43.4 Å². The van der Waals surface area contributed by atoms with Crippen LogP contribution in [0.3, 0.4) is 0 Å². The predicted octanol–water partition coefficient (Wildman–Crippen LogP) is 2.98. The summed E-state index contributed by atoms with van der Waals surface area (Å²) in [5.74, 6) is -0.471. The number of sulfonamides is 1. The number of benzene rings is 2. The number of hydrogen-bond donors (Lipinski definition) is 2. The Morgan fingerprint density at radius 3 is 2.46 bits per heavy atom. The summed E-state index contributed by atoms with van der Waals surface area (Å²) in [6.45, 7) is 0.927. The van der Waals surface area contributed by atoms with Crippen LogP contribution in [0.15, 0.2) is 53.4 Å². The number of aliphatic hydroxyl groups excluding tert-OH is 1. The summed E-state index contributed by atoms with van der Waals surface area (Å²) in [5.41, 5.74) is 0.868. The second kappa shape index (κ2) is 9.05. The van der Waals surface area contributed by atoms with E-state index in [9.17, 15) is 18.3 Å². The summed E-state index contributed by atoms with van der Waals surface area (Å²) >= 11 is 6.13. The maximum atomic E-state index is 12.9. The zero-order chi connectivity index (χ0) is 20.1. The van der Waals surface area contributed by atoms with E-state index in [1.807, 2.05) is 6.07 Å². The van der Waals surface area contributed by atoms with Crippen molar-refractivity contribution in [2.75, 3.05) is 19.6 Å². The van der Waals surface area contributed by atoms with E-state index in [-0.39, 0.29) is 22.0 Å². The van der Waals surface area contributed by atoms with Crippen molar-refractivity contribution in [1.82, 2.24) is 9.62 Å². The maximum Gasteiger partial charge on any atom is 0.251 e. The first-order chi connectivity index (χ1) is 13.4. The summed E-state index contributed by atoms with van der Waals surface area (Å²) in [6, 6.07) is 13.2. The molecule has 0 saturated carbocycles. The van der Waals surface area contributed by atoms with Crippen molar-refractivity contribution in [1.29, 1.82) is 0 Å². The average molecular weight is 423 g/mol. The molecule has 0 bridgehead atoms. The van der Waals surface area contributed by atoms with Crippen LogP contribution in [0.25, 0.3) is 0 Å². The van der Waals surface area contributed by atoms with Crippen LogP contribution in [0, 0.1) is 0 Å². The Labute approximate surface area is 170 Å². The van der Waals surface area contributed by atoms with Gasteiger partial charge in [0.2, 0.25) is 10.0 Å². The van der Waals surface area contributed by atoms with Crippen molar-refractivity contribution in [2.24, 2.45) is 0 Å². The Morgan fingerprint density at radius 1 is 1.11 bits per heavy atom. The van der Waals surface area contributed by atoms with Crippen LogP contribution in [-0.2, 0) is 10.0 Å². The molecule has 150 valence electrons. The lowest BCUT2D eigenvalue weighted by Crippen LogP contribution is -2.36. The van der Waals surface area contributed by atoms with Gasteiger partial charge in [-0.05, 0) is 36.6 Å². The lowest BCUT2D eigenvalue weighted by molar-refractivity contribution is 0.0916. The van der Waals surface area contributed by atoms with Crippen LogP contribution >= 0.6 is 11.6 Å². The number of halogens is 1. The molecule has 1 aliphatic rings. The smallest absolute Gasteiger partial charge is 0.251 e. The summed E-state index contributed by atoms with van der Waals surface area (Å²) < 4.78 is 27.2. The van der Waals surface area contributed by atoms with Gasteiger partial charge in [0.05, 0.1) is 11.1 Å². The topological polar surface area (TPSA) is 86.7 Å². The number of aliphatic hydroxyl groups is 1. The first kappa shape index (κ1) is 20.8. The van der Waals surface area contributed by atoms with Crippen molar-refractivity contribution in [3.8, 4) is 0 Å². The highest BCUT2D eigenvalue weighted by Crippen LogP contribution is 2.28. The number of hydrogen-bond acceptors (Lipinski definition) is 4. The molecule has 1 unspecified atom stereocenters. The van der Waals surface area contributed by atoms with E-state index in [2.05, 4.69) is 5.32 Å². The van der Waals surface area contributed by atoms with Crippen LogP contribution in [0.4, 0.5) is 0 Å². The Morgan fingerprint density at radius 2 is 1.79 bits per heavy atom. The fourth-order valence-electron chi connectivity index (χ4n) is 3.17. The molecule has 1 aliphatic heterocycles. The van der Waals surface area contributed by atoms with Gasteiger partial charge in [-0.15, -0.1) is 0 Å². The van der Waals surface area contributed by atoms with Gasteiger partial charge < -0.3 is 10.4 Å². The molecule has 2 aromatic rings. The number of carbonyl (C=O) groups is 1. The number of rotatable bonds is 6. The van der Waals surface area contributed by atoms with E-state index in [0.29, 0.717) is 18.7 Å². The van der Waals surface area contributed by atoms with Gasteiger partial charge in [-0.3, -0.25) is 4.79 Å². The molecule has 6 nitrogen and oxygen atoms in total. The second-order valence-corrected chi connectivity index (χ2v) is 9.06. The minimum absolute atomic E-state index is 0.0136. The highest BCUT2D eigenvalue weighted by atomic mass is 35.5. The molecule has 0 spiro atoms. The van der Waals surface area contributed by atoms with Crippen molar-refractivity contribution in [2.45, 2.75) is 30.3 Å². The SMILES string of the molecule is O=C(NCC(O)c1ccccc1)c1ccc(Cl)c(S(=O)(=O)N2CCCCC2)c1. The third kappa shape index (κ3) is 4.72. The summed E-state index contributed by atoms with van der Waals surface area (Å²) in [7, 11) is -3.75. The Hall–Kier alpha value is -1.93. The van der Waals surface area contributed by atoms with Gasteiger partial charge in [-0.2, -0.15) is 4.31 Å². The molecule has 1 fully saturated rings. The van der Waals surface area contributed by atoms with Gasteiger partial charge in [-0.1, -0.05) is 48.4 Å². The van der Waals surface area contributed by atoms with Crippen LogP contribution in [0.2, 0.25) is 5.02 Å². The molecule has 1 amide bonds. The highest BCUT2D eigenvalue weighted by Gasteiger charge is 2.28. The van der Waals surface area contributed by atoms with Crippen LogP contribution < -0.4 is 5.32 Å². The Balaban J connectivity index is 1.74. The van der Waals surface area contributed by atoms with Crippen LogP contribution in [0.5, 0.6) is 0 Å². The molecular formula is C20H23ClN2O4S. The standard InChI is InChI=1S/C20H23ClN2O4S/c21-17-10-9-16(13-19(17)28(26,27)23-11-5-2-6-12-23)20(25)22-14-18(24)15-7-3-1-4-8-15/h1,3-4,7-10,13,18,24H,2,5-6,11-12,14H2,(H,22,25). The molecular weight excluding hydrogens is 400 g/mol. The van der Waals surface area contributed by atoms with Gasteiger partial charge >= 0.3 is 0 Å². The van der Waals surface area contributed by atoms with Gasteiger partial charge in [0.25, 0.3) is 5.91 Å². The molecule has 0 aromatic heterocycles. The second-order valence-electron chi connectivity index (χ2n) is 6.75. The van der Waals surface area contributed by atoms with Gasteiger partial charge in [0, 0.05) is 25.2 Å². The lowest BCUT2D eigenvalue weighted by Gasteiger charge is -2.26. The molecule has 0 aliphatic carbocycles. The first-order valence-corrected chi connectivity index (χ1v) is 11.0. The van der Waals surface area contributed by atoms with Crippen molar-refractivity contribution < 1.29 is 18.3 Å². The van der Waals surface area contributed by atoms with E-state index in [0.717, 1.165) is 19.3 Å². The van der Waals surface area contributed by atoms with E-state index < -0.39 is 22.0 Å². The molecule has 0 radical (unpaired) electrons. The Bertz CT molecular complexity index is 928. The third-order valence-corrected chi connectivity index (χ3v) is 7.15. The van der Waals surface area contributed by atoms with E-state index in [1.165, 1.54) is 22.5 Å². The highest BCUT2D eigenvalue weighted by molar-refractivity contribution is 7.89. The first-order valence-electron chi connectivity index (χ1n) is 9.20. The summed E-state index contributed by atoms with van der Waals surface area (Å²) in [5, 5.41) is 12.9. The average Bonchev–Trinajstić information content (AvgIpc) is 2.73. The zero-order valence-electron chi connectivity index (χ0n) is 15.3. The molecule has 2 N–H and O–H groups in total. The number of piperidine rings is 1. The number of amides is 1. The molecule has 1 saturated heterocycles. The van der Waals surface area contributed by atoms with Gasteiger partial charge in [-0.25, -0.2) is 8.42 Å². The number of nitrogens with one attached hydrogen (secondary N) is 1. The maximum absolute atomic E-state index is 12.9. The monoisotopic (exact) mass is 422 g/mol. The van der Waals surface area contributed by atoms with Crippen molar-refractivity contribution >= 4 is 27.5 Å². The normalized spacial score (nSPS) is 16.5. The number of carbonyl (C=O) groups excluding carboxylic acids is 1. The quantitative estimate of drug-likeness (QED) is 0.749. The molecule has 8 heteroatoms. The lowest BCUT2D eigenvalue weighted by atomic mass is 10.1. The molecule has 2 aromatic carbocycles. The minimum Gasteiger partial charge on any atom is -0.387 e. The van der Waals surface area contributed by atoms with Crippen molar-refractivity contribution in [3.05, 3.63) is 64.7 Å². The van der Waals surface area contributed by atoms with E-state index in [4.69, 9.17) is 11.6 Å². The van der Waals surface area contributed by atoms with Crippen molar-refractivity contribution in [3.63, 3.8) is 0 Å².